The molecule has 0 aliphatic rings. The molecule has 0 aromatic rings. The predicted octanol–water partition coefficient (Wildman–Crippen LogP) is 3.92. The van der Waals surface area contributed by atoms with E-state index < -0.39 is 0 Å². The monoisotopic (exact) mass is 318 g/mol. The zero-order valence-electron chi connectivity index (χ0n) is 15.6. The molecule has 0 aliphatic heterocycles. The van der Waals surface area contributed by atoms with E-state index in [0.29, 0.717) is 63.7 Å². The Hall–Kier alpha value is -0.160. The van der Waals surface area contributed by atoms with Crippen LogP contribution in [0.1, 0.15) is 54.4 Å². The second kappa shape index (κ2) is 14.4. The van der Waals surface area contributed by atoms with Crippen LogP contribution in [0.5, 0.6) is 0 Å². The summed E-state index contributed by atoms with van der Waals surface area (Å²) in [5.41, 5.74) is 0. The Morgan fingerprint density at radius 2 is 0.818 bits per heavy atom. The molecular weight excluding hydrogens is 280 g/mol. The summed E-state index contributed by atoms with van der Waals surface area (Å²) in [4.78, 5) is 0. The van der Waals surface area contributed by atoms with E-state index in [-0.39, 0.29) is 0 Å². The van der Waals surface area contributed by atoms with Crippen molar-refractivity contribution in [1.29, 1.82) is 0 Å². The van der Waals surface area contributed by atoms with Crippen molar-refractivity contribution in [3.63, 3.8) is 0 Å². The zero-order chi connectivity index (χ0) is 16.8. The highest BCUT2D eigenvalue weighted by Crippen LogP contribution is 2.07. The standard InChI is InChI=1S/C18H38O4/c1-15(2)13-17(5)21-11-9-19-7-8-20-10-12-22-18(6)14-16(3)4/h15-18H,7-14H2,1-6H3. The topological polar surface area (TPSA) is 36.9 Å². The minimum atomic E-state index is 0.310. The van der Waals surface area contributed by atoms with E-state index in [0.717, 1.165) is 12.8 Å². The molecule has 0 aromatic heterocycles. The second-order valence-corrected chi connectivity index (χ2v) is 6.85. The van der Waals surface area contributed by atoms with Crippen molar-refractivity contribution in [1.82, 2.24) is 0 Å². The molecule has 0 heterocycles. The van der Waals surface area contributed by atoms with Crippen LogP contribution in [-0.2, 0) is 18.9 Å². The van der Waals surface area contributed by atoms with Crippen LogP contribution in [0.25, 0.3) is 0 Å². The van der Waals surface area contributed by atoms with Crippen LogP contribution in [0.15, 0.2) is 0 Å². The number of ether oxygens (including phenoxy) is 4. The van der Waals surface area contributed by atoms with Gasteiger partial charge in [0.05, 0.1) is 51.8 Å². The third kappa shape index (κ3) is 16.2. The Morgan fingerprint density at radius 3 is 1.14 bits per heavy atom. The van der Waals surface area contributed by atoms with Gasteiger partial charge in [-0.2, -0.15) is 0 Å². The van der Waals surface area contributed by atoms with Gasteiger partial charge in [-0.15, -0.1) is 0 Å². The highest BCUT2D eigenvalue weighted by atomic mass is 16.6. The molecule has 0 N–H and O–H groups in total. The zero-order valence-corrected chi connectivity index (χ0v) is 15.6. The molecule has 4 nitrogen and oxygen atoms in total. The van der Waals surface area contributed by atoms with Crippen molar-refractivity contribution in [2.75, 3.05) is 39.6 Å². The maximum atomic E-state index is 5.67. The van der Waals surface area contributed by atoms with Crippen molar-refractivity contribution >= 4 is 0 Å². The first-order chi connectivity index (χ1) is 10.4. The van der Waals surface area contributed by atoms with Crippen LogP contribution in [0.2, 0.25) is 0 Å². The molecule has 0 radical (unpaired) electrons. The Morgan fingerprint density at radius 1 is 0.500 bits per heavy atom. The first-order valence-corrected chi connectivity index (χ1v) is 8.80. The van der Waals surface area contributed by atoms with Gasteiger partial charge in [0.1, 0.15) is 0 Å². The van der Waals surface area contributed by atoms with Gasteiger partial charge in [-0.1, -0.05) is 27.7 Å². The molecule has 0 rings (SSSR count). The molecule has 0 bridgehead atoms. The number of hydrogen-bond acceptors (Lipinski definition) is 4. The number of hydrogen-bond donors (Lipinski definition) is 0. The van der Waals surface area contributed by atoms with Gasteiger partial charge >= 0.3 is 0 Å². The molecule has 0 amide bonds. The van der Waals surface area contributed by atoms with Crippen LogP contribution in [0, 0.1) is 11.8 Å². The van der Waals surface area contributed by atoms with Crippen LogP contribution >= 0.6 is 0 Å². The molecule has 0 aliphatic carbocycles. The summed E-state index contributed by atoms with van der Waals surface area (Å²) in [6.07, 6.45) is 2.81. The lowest BCUT2D eigenvalue weighted by Gasteiger charge is -2.15. The lowest BCUT2D eigenvalue weighted by molar-refractivity contribution is -0.0274. The first-order valence-electron chi connectivity index (χ1n) is 8.80. The fourth-order valence-corrected chi connectivity index (χ4v) is 2.40. The minimum absolute atomic E-state index is 0.310. The summed E-state index contributed by atoms with van der Waals surface area (Å²) >= 11 is 0. The van der Waals surface area contributed by atoms with Gasteiger partial charge in [-0.05, 0) is 38.5 Å². The van der Waals surface area contributed by atoms with E-state index in [2.05, 4.69) is 41.5 Å². The van der Waals surface area contributed by atoms with E-state index in [1.54, 1.807) is 0 Å². The molecule has 2 unspecified atom stereocenters. The van der Waals surface area contributed by atoms with E-state index in [4.69, 9.17) is 18.9 Å². The summed E-state index contributed by atoms with van der Waals surface area (Å²) in [5.74, 6) is 1.35. The van der Waals surface area contributed by atoms with Crippen molar-refractivity contribution in [3.8, 4) is 0 Å². The Balaban J connectivity index is 3.21. The van der Waals surface area contributed by atoms with Gasteiger partial charge in [0, 0.05) is 0 Å². The average Bonchev–Trinajstić information content (AvgIpc) is 2.39. The van der Waals surface area contributed by atoms with E-state index >= 15 is 0 Å². The summed E-state index contributed by atoms with van der Waals surface area (Å²) in [7, 11) is 0. The quantitative estimate of drug-likeness (QED) is 0.429. The van der Waals surface area contributed by atoms with Crippen molar-refractivity contribution in [2.45, 2.75) is 66.6 Å². The van der Waals surface area contributed by atoms with Crippen LogP contribution in [0.3, 0.4) is 0 Å². The van der Waals surface area contributed by atoms with Crippen molar-refractivity contribution in [3.05, 3.63) is 0 Å². The van der Waals surface area contributed by atoms with Crippen molar-refractivity contribution < 1.29 is 18.9 Å². The van der Waals surface area contributed by atoms with E-state index in [1.807, 2.05) is 0 Å². The summed E-state index contributed by atoms with van der Waals surface area (Å²) in [5, 5.41) is 0. The molecule has 134 valence electrons. The molecule has 0 aromatic carbocycles. The number of rotatable bonds is 15. The van der Waals surface area contributed by atoms with Gasteiger partial charge in [-0.3, -0.25) is 0 Å². The smallest absolute Gasteiger partial charge is 0.0704 e. The molecular formula is C18H38O4. The van der Waals surface area contributed by atoms with E-state index in [1.165, 1.54) is 0 Å². The predicted molar refractivity (Wildman–Crippen MR) is 91.4 cm³/mol. The fourth-order valence-electron chi connectivity index (χ4n) is 2.40. The first kappa shape index (κ1) is 21.8. The molecule has 4 heteroatoms. The summed E-state index contributed by atoms with van der Waals surface area (Å²) in [6, 6.07) is 0. The maximum Gasteiger partial charge on any atom is 0.0704 e. The molecule has 0 spiro atoms. The van der Waals surface area contributed by atoms with Gasteiger partial charge < -0.3 is 18.9 Å². The van der Waals surface area contributed by atoms with Crippen LogP contribution in [-0.4, -0.2) is 51.8 Å². The summed E-state index contributed by atoms with van der Waals surface area (Å²) in [6.45, 7) is 16.9. The fraction of sp³-hybridized carbons (Fsp3) is 1.00. The minimum Gasteiger partial charge on any atom is -0.377 e. The molecule has 0 saturated heterocycles. The largest absolute Gasteiger partial charge is 0.377 e. The Kier molecular flexibility index (Phi) is 14.3. The molecule has 2 atom stereocenters. The SMILES string of the molecule is CC(C)CC(C)OCCOCCOCCOC(C)CC(C)C. The van der Waals surface area contributed by atoms with E-state index in [9.17, 15) is 0 Å². The Labute approximate surface area is 137 Å². The highest BCUT2D eigenvalue weighted by molar-refractivity contribution is 4.54. The third-order valence-corrected chi connectivity index (χ3v) is 3.24. The third-order valence-electron chi connectivity index (χ3n) is 3.24. The molecule has 22 heavy (non-hydrogen) atoms. The van der Waals surface area contributed by atoms with Gasteiger partial charge in [0.15, 0.2) is 0 Å². The molecule has 0 saturated carbocycles. The lowest BCUT2D eigenvalue weighted by Crippen LogP contribution is -2.17. The summed E-state index contributed by atoms with van der Waals surface area (Å²) < 4.78 is 22.3. The second-order valence-electron chi connectivity index (χ2n) is 6.85. The van der Waals surface area contributed by atoms with Crippen molar-refractivity contribution in [2.24, 2.45) is 11.8 Å². The lowest BCUT2D eigenvalue weighted by atomic mass is 10.1. The highest BCUT2D eigenvalue weighted by Gasteiger charge is 2.05. The maximum absolute atomic E-state index is 5.67. The van der Waals surface area contributed by atoms with Crippen LogP contribution < -0.4 is 0 Å². The van der Waals surface area contributed by atoms with Gasteiger partial charge in [0.2, 0.25) is 0 Å². The Bertz CT molecular complexity index is 207. The van der Waals surface area contributed by atoms with Gasteiger partial charge in [0.25, 0.3) is 0 Å². The van der Waals surface area contributed by atoms with Crippen LogP contribution in [0.4, 0.5) is 0 Å². The molecule has 0 fully saturated rings. The van der Waals surface area contributed by atoms with Gasteiger partial charge in [-0.25, -0.2) is 0 Å². The normalized spacial score (nSPS) is 14.7. The average molecular weight is 318 g/mol.